The Morgan fingerprint density at radius 1 is 1.45 bits per heavy atom. The van der Waals surface area contributed by atoms with Gasteiger partial charge >= 0.3 is 0 Å². The van der Waals surface area contributed by atoms with E-state index in [0.29, 0.717) is 0 Å². The van der Waals surface area contributed by atoms with E-state index >= 15 is 0 Å². The number of halogens is 1. The summed E-state index contributed by atoms with van der Waals surface area (Å²) in [6.45, 7) is 3.06. The number of hydrogen-bond donors (Lipinski definition) is 1. The largest absolute Gasteiger partial charge is 0.368 e. The van der Waals surface area contributed by atoms with E-state index < -0.39 is 22.4 Å². The average Bonchev–Trinajstić information content (AvgIpc) is 2.34. The average molecular weight is 300 g/mol. The smallest absolute Gasteiger partial charge is 0.283 e. The van der Waals surface area contributed by atoms with Crippen molar-refractivity contribution in [1.29, 1.82) is 0 Å². The Bertz CT molecular complexity index is 560. The van der Waals surface area contributed by atoms with Crippen molar-refractivity contribution < 1.29 is 14.5 Å². The molecule has 0 atom stereocenters. The SMILES string of the molecule is CC(C)N(CC(N)=O)C(=O)c1ccc(Cl)cc1[N+](=O)[O-]. The molecule has 20 heavy (non-hydrogen) atoms. The number of benzene rings is 1. The summed E-state index contributed by atoms with van der Waals surface area (Å²) < 4.78 is 0. The Morgan fingerprint density at radius 3 is 2.50 bits per heavy atom. The van der Waals surface area contributed by atoms with Crippen LogP contribution < -0.4 is 5.73 Å². The van der Waals surface area contributed by atoms with E-state index in [1.54, 1.807) is 13.8 Å². The van der Waals surface area contributed by atoms with E-state index in [0.717, 1.165) is 6.07 Å². The lowest BCUT2D eigenvalue weighted by molar-refractivity contribution is -0.385. The van der Waals surface area contributed by atoms with Crippen LogP contribution in [0.2, 0.25) is 5.02 Å². The molecule has 0 aliphatic rings. The van der Waals surface area contributed by atoms with Crippen molar-refractivity contribution in [2.75, 3.05) is 6.54 Å². The van der Waals surface area contributed by atoms with Gasteiger partial charge in [0.05, 0.1) is 11.5 Å². The molecular formula is C12H14ClN3O4. The highest BCUT2D eigenvalue weighted by atomic mass is 35.5. The molecule has 2 amide bonds. The van der Waals surface area contributed by atoms with Gasteiger partial charge in [0.15, 0.2) is 0 Å². The van der Waals surface area contributed by atoms with Gasteiger partial charge in [-0.2, -0.15) is 0 Å². The lowest BCUT2D eigenvalue weighted by Gasteiger charge is -2.25. The lowest BCUT2D eigenvalue weighted by atomic mass is 10.1. The van der Waals surface area contributed by atoms with Crippen LogP contribution in [0.3, 0.4) is 0 Å². The molecule has 0 aliphatic heterocycles. The molecule has 1 aromatic rings. The molecule has 0 spiro atoms. The van der Waals surface area contributed by atoms with Crippen molar-refractivity contribution in [2.45, 2.75) is 19.9 Å². The van der Waals surface area contributed by atoms with Crippen LogP contribution in [0.25, 0.3) is 0 Å². The molecule has 0 aromatic heterocycles. The summed E-state index contributed by atoms with van der Waals surface area (Å²) in [6, 6.07) is 3.41. The first-order valence-electron chi connectivity index (χ1n) is 5.77. The first-order valence-corrected chi connectivity index (χ1v) is 6.15. The minimum atomic E-state index is -0.693. The summed E-state index contributed by atoms with van der Waals surface area (Å²) in [5, 5.41) is 11.1. The molecular weight excluding hydrogens is 286 g/mol. The molecule has 0 fully saturated rings. The predicted molar refractivity (Wildman–Crippen MR) is 73.5 cm³/mol. The number of nitrogens with two attached hydrogens (primary N) is 1. The molecule has 2 N–H and O–H groups in total. The molecule has 108 valence electrons. The quantitative estimate of drug-likeness (QED) is 0.658. The molecule has 0 unspecified atom stereocenters. The summed E-state index contributed by atoms with van der Waals surface area (Å²) in [7, 11) is 0. The van der Waals surface area contributed by atoms with Crippen molar-refractivity contribution in [3.63, 3.8) is 0 Å². The van der Waals surface area contributed by atoms with Crippen LogP contribution in [-0.4, -0.2) is 34.2 Å². The van der Waals surface area contributed by atoms with E-state index in [1.165, 1.54) is 17.0 Å². The number of nitro benzene ring substituents is 1. The Kier molecular flexibility index (Phi) is 5.04. The Labute approximate surface area is 120 Å². The predicted octanol–water partition coefficient (Wildman–Crippen LogP) is 1.58. The molecule has 0 bridgehead atoms. The summed E-state index contributed by atoms with van der Waals surface area (Å²) in [5.74, 6) is -1.33. The molecule has 1 aromatic carbocycles. The minimum Gasteiger partial charge on any atom is -0.368 e. The fourth-order valence-corrected chi connectivity index (χ4v) is 1.81. The first kappa shape index (κ1) is 15.9. The third-order valence-electron chi connectivity index (χ3n) is 2.60. The molecule has 0 saturated carbocycles. The summed E-state index contributed by atoms with van der Waals surface area (Å²) in [5.41, 5.74) is 4.55. The van der Waals surface area contributed by atoms with Crippen molar-refractivity contribution in [3.8, 4) is 0 Å². The van der Waals surface area contributed by atoms with E-state index in [1.807, 2.05) is 0 Å². The second kappa shape index (κ2) is 6.33. The van der Waals surface area contributed by atoms with Crippen LogP contribution in [0.5, 0.6) is 0 Å². The minimum absolute atomic E-state index is 0.130. The summed E-state index contributed by atoms with van der Waals surface area (Å²) >= 11 is 5.69. The molecule has 7 nitrogen and oxygen atoms in total. The molecule has 0 radical (unpaired) electrons. The number of amides is 2. The fourth-order valence-electron chi connectivity index (χ4n) is 1.65. The number of rotatable bonds is 5. The Morgan fingerprint density at radius 2 is 2.05 bits per heavy atom. The second-order valence-corrected chi connectivity index (χ2v) is 4.85. The number of primary amides is 1. The van der Waals surface area contributed by atoms with Gasteiger partial charge in [-0.1, -0.05) is 11.6 Å². The van der Waals surface area contributed by atoms with Gasteiger partial charge in [-0.05, 0) is 26.0 Å². The van der Waals surface area contributed by atoms with E-state index in [2.05, 4.69) is 0 Å². The van der Waals surface area contributed by atoms with Crippen molar-refractivity contribution in [3.05, 3.63) is 38.9 Å². The van der Waals surface area contributed by atoms with Crippen molar-refractivity contribution in [2.24, 2.45) is 5.73 Å². The second-order valence-electron chi connectivity index (χ2n) is 4.41. The molecule has 1 rings (SSSR count). The summed E-state index contributed by atoms with van der Waals surface area (Å²) in [6.07, 6.45) is 0. The van der Waals surface area contributed by atoms with Gasteiger partial charge in [0, 0.05) is 17.1 Å². The topological polar surface area (TPSA) is 107 Å². The number of nitro groups is 1. The monoisotopic (exact) mass is 299 g/mol. The summed E-state index contributed by atoms with van der Waals surface area (Å²) in [4.78, 5) is 34.8. The van der Waals surface area contributed by atoms with Crippen LogP contribution in [0.1, 0.15) is 24.2 Å². The lowest BCUT2D eigenvalue weighted by Crippen LogP contribution is -2.42. The van der Waals surface area contributed by atoms with Crippen molar-refractivity contribution in [1.82, 2.24) is 4.90 Å². The Balaban J connectivity index is 3.24. The van der Waals surface area contributed by atoms with Crippen LogP contribution in [0.4, 0.5) is 5.69 Å². The number of hydrogen-bond acceptors (Lipinski definition) is 4. The molecule has 0 saturated heterocycles. The fraction of sp³-hybridized carbons (Fsp3) is 0.333. The third kappa shape index (κ3) is 3.67. The zero-order chi connectivity index (χ0) is 15.4. The Hall–Kier alpha value is -2.15. The highest BCUT2D eigenvalue weighted by molar-refractivity contribution is 6.31. The van der Waals surface area contributed by atoms with E-state index in [-0.39, 0.29) is 23.2 Å². The van der Waals surface area contributed by atoms with Gasteiger partial charge in [-0.15, -0.1) is 0 Å². The maximum atomic E-state index is 12.3. The van der Waals surface area contributed by atoms with Crippen LogP contribution >= 0.6 is 11.6 Å². The maximum Gasteiger partial charge on any atom is 0.283 e. The number of carbonyl (C=O) groups is 2. The van der Waals surface area contributed by atoms with Gasteiger partial charge in [0.2, 0.25) is 5.91 Å². The van der Waals surface area contributed by atoms with Crippen LogP contribution in [0, 0.1) is 10.1 Å². The van der Waals surface area contributed by atoms with Gasteiger partial charge in [-0.25, -0.2) is 0 Å². The standard InChI is InChI=1S/C12H14ClN3O4/c1-7(2)15(6-11(14)17)12(18)9-4-3-8(13)5-10(9)16(19)20/h3-5,7H,6H2,1-2H3,(H2,14,17). The molecule has 0 heterocycles. The van der Waals surface area contributed by atoms with Crippen LogP contribution in [0.15, 0.2) is 18.2 Å². The molecule has 0 aliphatic carbocycles. The maximum absolute atomic E-state index is 12.3. The zero-order valence-corrected chi connectivity index (χ0v) is 11.8. The number of carbonyl (C=O) groups excluding carboxylic acids is 2. The van der Waals surface area contributed by atoms with Gasteiger partial charge in [0.1, 0.15) is 5.56 Å². The first-order chi connectivity index (χ1) is 9.23. The number of nitrogens with zero attached hydrogens (tertiary/aromatic N) is 2. The third-order valence-corrected chi connectivity index (χ3v) is 2.83. The van der Waals surface area contributed by atoms with E-state index in [9.17, 15) is 19.7 Å². The van der Waals surface area contributed by atoms with Gasteiger partial charge in [-0.3, -0.25) is 19.7 Å². The highest BCUT2D eigenvalue weighted by Gasteiger charge is 2.27. The zero-order valence-electron chi connectivity index (χ0n) is 11.0. The van der Waals surface area contributed by atoms with Gasteiger partial charge < -0.3 is 10.6 Å². The normalized spacial score (nSPS) is 10.4. The highest BCUT2D eigenvalue weighted by Crippen LogP contribution is 2.25. The van der Waals surface area contributed by atoms with Crippen molar-refractivity contribution >= 4 is 29.1 Å². The molecule has 8 heteroatoms. The van der Waals surface area contributed by atoms with Crippen LogP contribution in [-0.2, 0) is 4.79 Å². The van der Waals surface area contributed by atoms with Gasteiger partial charge in [0.25, 0.3) is 11.6 Å². The van der Waals surface area contributed by atoms with E-state index in [4.69, 9.17) is 17.3 Å².